The number of aromatic hydroxyl groups is 1. The molecule has 3 heterocycles. The van der Waals surface area contributed by atoms with Crippen LogP contribution in [0.25, 0.3) is 6.08 Å². The zero-order chi connectivity index (χ0) is 21.6. The van der Waals surface area contributed by atoms with Crippen LogP contribution in [0.3, 0.4) is 0 Å². The van der Waals surface area contributed by atoms with Gasteiger partial charge in [0.25, 0.3) is 5.91 Å². The van der Waals surface area contributed by atoms with Gasteiger partial charge in [0.1, 0.15) is 5.75 Å². The molecule has 0 saturated carbocycles. The molecular weight excluding hydrogens is 434 g/mol. The van der Waals surface area contributed by atoms with Crippen LogP contribution in [0.1, 0.15) is 16.9 Å². The Bertz CT molecular complexity index is 999. The predicted molar refractivity (Wildman–Crippen MR) is 126 cm³/mol. The van der Waals surface area contributed by atoms with Crippen molar-refractivity contribution < 1.29 is 14.6 Å². The number of anilines is 1. The van der Waals surface area contributed by atoms with Gasteiger partial charge in [-0.1, -0.05) is 11.3 Å². The first-order chi connectivity index (χ1) is 15.1. The third kappa shape index (κ3) is 6.07. The van der Waals surface area contributed by atoms with E-state index in [1.165, 1.54) is 23.1 Å². The molecule has 0 radical (unpaired) electrons. The van der Waals surface area contributed by atoms with Gasteiger partial charge < -0.3 is 20.5 Å². The monoisotopic (exact) mass is 459 g/mol. The molecule has 0 atom stereocenters. The zero-order valence-electron chi connectivity index (χ0n) is 17.3. The second-order valence-electron chi connectivity index (χ2n) is 7.25. The topological polar surface area (TPSA) is 99.1 Å². The lowest BCUT2D eigenvalue weighted by Crippen LogP contribution is -2.37. The van der Waals surface area contributed by atoms with E-state index in [9.17, 15) is 9.90 Å². The molecule has 10 heteroatoms. The number of morpholine rings is 1. The lowest BCUT2D eigenvalue weighted by atomic mass is 10.2. The number of hydrogen-bond acceptors (Lipinski definition) is 9. The summed E-state index contributed by atoms with van der Waals surface area (Å²) in [6, 6.07) is 4.95. The van der Waals surface area contributed by atoms with E-state index < -0.39 is 0 Å². The Morgan fingerprint density at radius 3 is 3.03 bits per heavy atom. The number of carbonyl (C=O) groups is 1. The van der Waals surface area contributed by atoms with Gasteiger partial charge in [0.2, 0.25) is 0 Å². The zero-order valence-corrected chi connectivity index (χ0v) is 18.9. The number of ether oxygens (including phenoxy) is 1. The molecule has 2 saturated heterocycles. The van der Waals surface area contributed by atoms with E-state index in [-0.39, 0.29) is 11.7 Å². The Hall–Kier alpha value is -2.40. The molecular formula is C21H25N5O3S2. The number of aliphatic imine (C=N–C) groups is 1. The number of nitrogens with zero attached hydrogens (tertiary/aromatic N) is 3. The molecule has 31 heavy (non-hydrogen) atoms. The quantitative estimate of drug-likeness (QED) is 0.432. The van der Waals surface area contributed by atoms with E-state index in [2.05, 4.69) is 25.5 Å². The first-order valence-electron chi connectivity index (χ1n) is 10.2. The summed E-state index contributed by atoms with van der Waals surface area (Å²) in [7, 11) is 0. The molecule has 2 aromatic rings. The van der Waals surface area contributed by atoms with E-state index in [4.69, 9.17) is 4.74 Å². The van der Waals surface area contributed by atoms with Crippen LogP contribution in [0.4, 0.5) is 10.8 Å². The Morgan fingerprint density at radius 2 is 2.23 bits per heavy atom. The first-order valence-corrected chi connectivity index (χ1v) is 11.8. The number of rotatable bonds is 7. The molecule has 0 spiro atoms. The van der Waals surface area contributed by atoms with Crippen molar-refractivity contribution in [1.29, 1.82) is 0 Å². The van der Waals surface area contributed by atoms with Crippen molar-refractivity contribution in [3.8, 4) is 5.75 Å². The number of phenols is 1. The highest BCUT2D eigenvalue weighted by atomic mass is 32.2. The molecule has 0 unspecified atom stereocenters. The van der Waals surface area contributed by atoms with Crippen LogP contribution in [-0.2, 0) is 9.53 Å². The maximum atomic E-state index is 12.3. The number of carbonyl (C=O) groups excluding carboxylic acids is 1. The molecule has 2 aliphatic heterocycles. The van der Waals surface area contributed by atoms with Crippen molar-refractivity contribution in [3.63, 3.8) is 0 Å². The maximum Gasteiger partial charge on any atom is 0.264 e. The second kappa shape index (κ2) is 10.3. The fourth-order valence-electron chi connectivity index (χ4n) is 3.24. The summed E-state index contributed by atoms with van der Waals surface area (Å²) in [6.07, 6.45) is 4.66. The molecule has 2 fully saturated rings. The van der Waals surface area contributed by atoms with E-state index in [0.717, 1.165) is 61.4 Å². The van der Waals surface area contributed by atoms with Crippen LogP contribution < -0.4 is 10.6 Å². The van der Waals surface area contributed by atoms with Crippen LogP contribution in [0.5, 0.6) is 5.75 Å². The van der Waals surface area contributed by atoms with E-state index in [0.29, 0.717) is 15.8 Å². The molecule has 3 N–H and O–H groups in total. The Kier molecular flexibility index (Phi) is 7.23. The fourth-order valence-corrected chi connectivity index (χ4v) is 4.93. The Morgan fingerprint density at radius 1 is 1.39 bits per heavy atom. The summed E-state index contributed by atoms with van der Waals surface area (Å²) >= 11 is 2.82. The van der Waals surface area contributed by atoms with Crippen LogP contribution >= 0.6 is 23.1 Å². The lowest BCUT2D eigenvalue weighted by Gasteiger charge is -2.26. The Labute approximate surface area is 189 Å². The summed E-state index contributed by atoms with van der Waals surface area (Å²) in [5.41, 5.74) is 1.55. The van der Waals surface area contributed by atoms with Gasteiger partial charge in [-0.15, -0.1) is 0 Å². The van der Waals surface area contributed by atoms with E-state index >= 15 is 0 Å². The first kappa shape index (κ1) is 21.8. The molecule has 1 aromatic carbocycles. The normalized spacial score (nSPS) is 19.8. The molecule has 0 aliphatic carbocycles. The minimum atomic E-state index is -0.173. The van der Waals surface area contributed by atoms with Crippen molar-refractivity contribution in [2.45, 2.75) is 13.3 Å². The summed E-state index contributed by atoms with van der Waals surface area (Å²) in [5.74, 6) is 0.0226. The fraction of sp³-hybridized carbons (Fsp3) is 0.381. The number of hydrogen-bond donors (Lipinski definition) is 3. The largest absolute Gasteiger partial charge is 0.508 e. The van der Waals surface area contributed by atoms with Gasteiger partial charge in [0.15, 0.2) is 10.3 Å². The molecule has 1 amide bonds. The van der Waals surface area contributed by atoms with Gasteiger partial charge in [-0.25, -0.2) is 9.98 Å². The summed E-state index contributed by atoms with van der Waals surface area (Å²) in [5, 5.41) is 17.1. The number of benzene rings is 1. The van der Waals surface area contributed by atoms with Crippen LogP contribution in [0.15, 0.2) is 34.3 Å². The van der Waals surface area contributed by atoms with Crippen molar-refractivity contribution >= 4 is 51.1 Å². The lowest BCUT2D eigenvalue weighted by molar-refractivity contribution is -0.115. The van der Waals surface area contributed by atoms with Gasteiger partial charge in [0, 0.05) is 25.8 Å². The third-order valence-corrected chi connectivity index (χ3v) is 6.69. The molecule has 1 aromatic heterocycles. The number of aromatic nitrogens is 1. The van der Waals surface area contributed by atoms with Crippen molar-refractivity contribution in [1.82, 2.24) is 15.2 Å². The van der Waals surface area contributed by atoms with E-state index in [1.54, 1.807) is 24.4 Å². The van der Waals surface area contributed by atoms with Gasteiger partial charge in [0.05, 0.1) is 28.7 Å². The Balaban J connectivity index is 1.31. The number of thioether (sulfide) groups is 1. The highest BCUT2D eigenvalue weighted by molar-refractivity contribution is 8.18. The van der Waals surface area contributed by atoms with Gasteiger partial charge in [-0.05, 0) is 61.5 Å². The number of amidine groups is 1. The number of aryl methyl sites for hydroxylation is 1. The minimum Gasteiger partial charge on any atom is -0.508 e. The van der Waals surface area contributed by atoms with Crippen LogP contribution in [0.2, 0.25) is 0 Å². The predicted octanol–water partition coefficient (Wildman–Crippen LogP) is 3.18. The smallest absolute Gasteiger partial charge is 0.264 e. The molecule has 4 rings (SSSR count). The van der Waals surface area contributed by atoms with Gasteiger partial charge in [-0.2, -0.15) is 0 Å². The highest BCUT2D eigenvalue weighted by Crippen LogP contribution is 2.31. The average Bonchev–Trinajstić information content (AvgIpc) is 3.34. The van der Waals surface area contributed by atoms with Gasteiger partial charge in [-0.3, -0.25) is 9.69 Å². The highest BCUT2D eigenvalue weighted by Gasteiger charge is 2.24. The van der Waals surface area contributed by atoms with Crippen molar-refractivity contribution in [2.75, 3.05) is 44.7 Å². The summed E-state index contributed by atoms with van der Waals surface area (Å²) in [4.78, 5) is 25.1. The van der Waals surface area contributed by atoms with E-state index in [1.807, 2.05) is 13.0 Å². The standard InChI is InChI=1S/C21H25N5O3S2/c1-14-11-15(27)3-4-17(14)24-21-25-19(28)18(31-21)12-16-13-23-20(30-16)22-5-2-6-26-7-9-29-10-8-26/h3-4,11-13,27H,2,5-10H2,1H3,(H,22,23)(H,24,25,28)/b18-12-. The van der Waals surface area contributed by atoms with Gasteiger partial charge >= 0.3 is 0 Å². The third-order valence-electron chi connectivity index (χ3n) is 4.88. The van der Waals surface area contributed by atoms with Crippen LogP contribution in [0, 0.1) is 6.92 Å². The van der Waals surface area contributed by atoms with Crippen LogP contribution in [-0.4, -0.2) is 65.5 Å². The second-order valence-corrected chi connectivity index (χ2v) is 9.35. The molecule has 2 aliphatic rings. The average molecular weight is 460 g/mol. The number of thiazole rings is 1. The molecule has 8 nitrogen and oxygen atoms in total. The SMILES string of the molecule is Cc1cc(O)ccc1/N=C1/NC(=O)/C(=C/c2cnc(NCCCN3CCOCC3)s2)S1. The number of nitrogens with one attached hydrogen (secondary N) is 2. The summed E-state index contributed by atoms with van der Waals surface area (Å²) in [6.45, 7) is 7.44. The molecule has 0 bridgehead atoms. The maximum absolute atomic E-state index is 12.3. The number of phenolic OH excluding ortho intramolecular Hbond substituents is 1. The molecule has 164 valence electrons. The van der Waals surface area contributed by atoms with Crippen molar-refractivity contribution in [2.24, 2.45) is 4.99 Å². The van der Waals surface area contributed by atoms with Crippen molar-refractivity contribution in [3.05, 3.63) is 39.7 Å². The number of amides is 1. The summed E-state index contributed by atoms with van der Waals surface area (Å²) < 4.78 is 5.37. The minimum absolute atomic E-state index is 0.173.